The molecular formula is C14H15ClFN5. The van der Waals surface area contributed by atoms with Crippen LogP contribution < -0.4 is 0 Å². The van der Waals surface area contributed by atoms with Crippen LogP contribution in [0.2, 0.25) is 0 Å². The predicted molar refractivity (Wildman–Crippen MR) is 78.8 cm³/mol. The molecule has 0 aliphatic heterocycles. The summed E-state index contributed by atoms with van der Waals surface area (Å²) in [5.74, 6) is 1.84. The summed E-state index contributed by atoms with van der Waals surface area (Å²) in [6.45, 7) is 0.693. The molecule has 0 saturated heterocycles. The van der Waals surface area contributed by atoms with Crippen LogP contribution in [0.15, 0.2) is 24.5 Å². The molecule has 0 unspecified atom stereocenters. The second-order valence-electron chi connectivity index (χ2n) is 4.84. The minimum absolute atomic E-state index is 0.282. The summed E-state index contributed by atoms with van der Waals surface area (Å²) in [4.78, 5) is 8.69. The number of aromatic nitrogens is 5. The number of rotatable bonds is 5. The molecule has 2 aromatic heterocycles. The van der Waals surface area contributed by atoms with Gasteiger partial charge in [-0.05, 0) is 12.1 Å². The zero-order valence-corrected chi connectivity index (χ0v) is 12.4. The van der Waals surface area contributed by atoms with Crippen LogP contribution in [0.1, 0.15) is 11.6 Å². The molecule has 3 rings (SSSR count). The van der Waals surface area contributed by atoms with Crippen LogP contribution >= 0.6 is 11.6 Å². The van der Waals surface area contributed by atoms with Gasteiger partial charge in [-0.2, -0.15) is 5.10 Å². The molecule has 0 atom stereocenters. The number of fused-ring (bicyclic) bond motifs is 1. The van der Waals surface area contributed by atoms with Gasteiger partial charge < -0.3 is 4.57 Å². The molecule has 2 heterocycles. The Kier molecular flexibility index (Phi) is 3.88. The highest BCUT2D eigenvalue weighted by molar-refractivity contribution is 6.17. The Bertz CT molecular complexity index is 764. The Hall–Kier alpha value is -1.95. The summed E-state index contributed by atoms with van der Waals surface area (Å²) in [7, 11) is 1.84. The first-order chi connectivity index (χ1) is 10.2. The van der Waals surface area contributed by atoms with Crippen LogP contribution in [-0.4, -0.2) is 30.2 Å². The quantitative estimate of drug-likeness (QED) is 0.680. The van der Waals surface area contributed by atoms with Gasteiger partial charge in [-0.3, -0.25) is 4.68 Å². The van der Waals surface area contributed by atoms with Crippen molar-refractivity contribution in [1.29, 1.82) is 0 Å². The number of imidazole rings is 1. The first kappa shape index (κ1) is 14.0. The third kappa shape index (κ3) is 2.90. The maximum Gasteiger partial charge on any atom is 0.152 e. The summed E-state index contributed by atoms with van der Waals surface area (Å²) in [5, 5.41) is 4.27. The minimum Gasteiger partial charge on any atom is -0.327 e. The van der Waals surface area contributed by atoms with E-state index in [1.807, 2.05) is 7.05 Å². The molecule has 0 bridgehead atoms. The van der Waals surface area contributed by atoms with E-state index in [1.165, 1.54) is 12.1 Å². The van der Waals surface area contributed by atoms with E-state index in [4.69, 9.17) is 11.6 Å². The molecule has 1 aromatic carbocycles. The van der Waals surface area contributed by atoms with Crippen molar-refractivity contribution < 1.29 is 4.39 Å². The van der Waals surface area contributed by atoms with Crippen molar-refractivity contribution in [2.24, 2.45) is 7.05 Å². The molecule has 0 saturated carbocycles. The van der Waals surface area contributed by atoms with Crippen LogP contribution in [0, 0.1) is 5.82 Å². The fraction of sp³-hybridized carbons (Fsp3) is 0.357. The maximum atomic E-state index is 13.3. The molecule has 0 radical (unpaired) electrons. The van der Waals surface area contributed by atoms with Crippen molar-refractivity contribution in [1.82, 2.24) is 24.3 Å². The van der Waals surface area contributed by atoms with Crippen LogP contribution in [0.25, 0.3) is 11.0 Å². The Balaban J connectivity index is 1.92. The van der Waals surface area contributed by atoms with Gasteiger partial charge in [0.15, 0.2) is 5.82 Å². The van der Waals surface area contributed by atoms with Crippen molar-refractivity contribution in [3.05, 3.63) is 42.0 Å². The number of nitrogens with zero attached hydrogens (tertiary/aromatic N) is 5. The van der Waals surface area contributed by atoms with Gasteiger partial charge in [-0.25, -0.2) is 14.4 Å². The van der Waals surface area contributed by atoms with Crippen molar-refractivity contribution in [2.45, 2.75) is 19.4 Å². The van der Waals surface area contributed by atoms with E-state index in [9.17, 15) is 4.39 Å². The van der Waals surface area contributed by atoms with E-state index in [1.54, 1.807) is 17.1 Å². The van der Waals surface area contributed by atoms with Gasteiger partial charge in [0.2, 0.25) is 0 Å². The highest BCUT2D eigenvalue weighted by atomic mass is 35.5. The Morgan fingerprint density at radius 2 is 2.14 bits per heavy atom. The lowest BCUT2D eigenvalue weighted by molar-refractivity contribution is 0.628. The molecule has 0 aliphatic rings. The zero-order chi connectivity index (χ0) is 14.8. The van der Waals surface area contributed by atoms with E-state index in [0.717, 1.165) is 17.2 Å². The summed E-state index contributed by atoms with van der Waals surface area (Å²) in [6, 6.07) is 4.65. The third-order valence-electron chi connectivity index (χ3n) is 3.31. The second kappa shape index (κ2) is 5.81. The van der Waals surface area contributed by atoms with E-state index < -0.39 is 0 Å². The van der Waals surface area contributed by atoms with Crippen molar-refractivity contribution >= 4 is 22.6 Å². The number of aryl methyl sites for hydroxylation is 4. The van der Waals surface area contributed by atoms with Crippen molar-refractivity contribution in [2.75, 3.05) is 5.88 Å². The minimum atomic E-state index is -0.282. The van der Waals surface area contributed by atoms with Gasteiger partial charge in [0.25, 0.3) is 0 Å². The molecule has 5 nitrogen and oxygen atoms in total. The zero-order valence-electron chi connectivity index (χ0n) is 11.6. The number of alkyl halides is 1. The Morgan fingerprint density at radius 1 is 1.29 bits per heavy atom. The van der Waals surface area contributed by atoms with Gasteiger partial charge in [0.05, 0.1) is 11.0 Å². The van der Waals surface area contributed by atoms with Crippen LogP contribution in [-0.2, 0) is 26.4 Å². The molecule has 0 fully saturated rings. The molecule has 7 heteroatoms. The molecule has 0 aliphatic carbocycles. The largest absolute Gasteiger partial charge is 0.327 e. The smallest absolute Gasteiger partial charge is 0.152 e. The Morgan fingerprint density at radius 3 is 2.86 bits per heavy atom. The highest BCUT2D eigenvalue weighted by Crippen LogP contribution is 2.18. The van der Waals surface area contributed by atoms with E-state index in [2.05, 4.69) is 19.6 Å². The molecule has 0 amide bonds. The number of hydrogen-bond donors (Lipinski definition) is 0. The summed E-state index contributed by atoms with van der Waals surface area (Å²) in [6.07, 6.45) is 3.02. The average Bonchev–Trinajstić information content (AvgIpc) is 3.00. The molecule has 3 aromatic rings. The standard InChI is InChI=1S/C14H15ClFN5/c1-20-9-17-13(19-20)5-7-21-12-3-2-10(16)8-11(12)18-14(21)4-6-15/h2-3,8-9H,4-7H2,1H3. The van der Waals surface area contributed by atoms with Gasteiger partial charge in [-0.1, -0.05) is 0 Å². The lowest BCUT2D eigenvalue weighted by Crippen LogP contribution is -2.08. The summed E-state index contributed by atoms with van der Waals surface area (Å²) in [5.41, 5.74) is 1.57. The maximum absolute atomic E-state index is 13.3. The summed E-state index contributed by atoms with van der Waals surface area (Å²) < 4.78 is 17.1. The molecule has 21 heavy (non-hydrogen) atoms. The van der Waals surface area contributed by atoms with E-state index >= 15 is 0 Å². The SMILES string of the molecule is Cn1cnc(CCn2c(CCCl)nc3cc(F)ccc32)n1. The van der Waals surface area contributed by atoms with Gasteiger partial charge >= 0.3 is 0 Å². The first-order valence-electron chi connectivity index (χ1n) is 6.72. The first-order valence-corrected chi connectivity index (χ1v) is 7.26. The lowest BCUT2D eigenvalue weighted by Gasteiger charge is -2.07. The van der Waals surface area contributed by atoms with Crippen molar-refractivity contribution in [3.8, 4) is 0 Å². The highest BCUT2D eigenvalue weighted by Gasteiger charge is 2.12. The van der Waals surface area contributed by atoms with Crippen LogP contribution in [0.5, 0.6) is 0 Å². The second-order valence-corrected chi connectivity index (χ2v) is 5.21. The molecule has 0 N–H and O–H groups in total. The average molecular weight is 308 g/mol. The summed E-state index contributed by atoms with van der Waals surface area (Å²) >= 11 is 5.83. The Labute approximate surface area is 126 Å². The van der Waals surface area contributed by atoms with Crippen LogP contribution in [0.4, 0.5) is 4.39 Å². The van der Waals surface area contributed by atoms with Gasteiger partial charge in [0, 0.05) is 38.4 Å². The number of hydrogen-bond acceptors (Lipinski definition) is 3. The van der Waals surface area contributed by atoms with Gasteiger partial charge in [-0.15, -0.1) is 11.6 Å². The molecular weight excluding hydrogens is 293 g/mol. The monoisotopic (exact) mass is 307 g/mol. The predicted octanol–water partition coefficient (Wildman–Crippen LogP) is 2.33. The lowest BCUT2D eigenvalue weighted by atomic mass is 10.3. The fourth-order valence-corrected chi connectivity index (χ4v) is 2.56. The molecule has 0 spiro atoms. The molecule has 110 valence electrons. The van der Waals surface area contributed by atoms with Gasteiger partial charge in [0.1, 0.15) is 18.0 Å². The van der Waals surface area contributed by atoms with E-state index in [-0.39, 0.29) is 5.82 Å². The van der Waals surface area contributed by atoms with Crippen LogP contribution in [0.3, 0.4) is 0 Å². The topological polar surface area (TPSA) is 48.5 Å². The fourth-order valence-electron chi connectivity index (χ4n) is 2.39. The third-order valence-corrected chi connectivity index (χ3v) is 3.50. The number of halogens is 2. The number of benzene rings is 1. The van der Waals surface area contributed by atoms with Crippen molar-refractivity contribution in [3.63, 3.8) is 0 Å². The van der Waals surface area contributed by atoms with E-state index in [0.29, 0.717) is 30.8 Å². The normalized spacial score (nSPS) is 11.4.